The summed E-state index contributed by atoms with van der Waals surface area (Å²) >= 11 is 0. The van der Waals surface area contributed by atoms with Gasteiger partial charge >= 0.3 is 6.03 Å². The Kier molecular flexibility index (Phi) is 6.40. The van der Waals surface area contributed by atoms with Crippen molar-refractivity contribution in [3.8, 4) is 11.8 Å². The van der Waals surface area contributed by atoms with E-state index in [1.54, 1.807) is 17.0 Å². The van der Waals surface area contributed by atoms with E-state index in [1.807, 2.05) is 24.3 Å². The van der Waals surface area contributed by atoms with Crippen molar-refractivity contribution >= 4 is 17.6 Å². The Morgan fingerprint density at radius 3 is 2.06 bits per heavy atom. The van der Waals surface area contributed by atoms with Crippen molar-refractivity contribution in [2.45, 2.75) is 18.0 Å². The van der Waals surface area contributed by atoms with Gasteiger partial charge < -0.3 is 20.2 Å². The number of fused-ring (bicyclic) bond motifs is 1. The summed E-state index contributed by atoms with van der Waals surface area (Å²) in [6.45, 7) is 0.0392. The van der Waals surface area contributed by atoms with Crippen molar-refractivity contribution in [1.82, 2.24) is 9.80 Å². The maximum atomic E-state index is 13.2. The number of hydrogen-bond donors (Lipinski definition) is 2. The molecule has 0 saturated carbocycles. The lowest BCUT2D eigenvalue weighted by molar-refractivity contribution is -0.159. The first kappa shape index (κ1) is 23.5. The number of hydrogen-bond acceptors (Lipinski definition) is 3. The van der Waals surface area contributed by atoms with Crippen LogP contribution in [0.3, 0.4) is 0 Å². The van der Waals surface area contributed by atoms with E-state index >= 15 is 0 Å². The predicted octanol–water partition coefficient (Wildman–Crippen LogP) is 3.57. The van der Waals surface area contributed by atoms with Crippen molar-refractivity contribution in [3.63, 3.8) is 0 Å². The lowest BCUT2D eigenvalue weighted by atomic mass is 9.73. The van der Waals surface area contributed by atoms with E-state index in [-0.39, 0.29) is 42.9 Å². The fourth-order valence-electron chi connectivity index (χ4n) is 4.86. The van der Waals surface area contributed by atoms with E-state index < -0.39 is 11.8 Å². The molecule has 2 aliphatic rings. The van der Waals surface area contributed by atoms with Crippen LogP contribution in [0.4, 0.5) is 19.3 Å². The molecule has 0 spiro atoms. The number of aliphatic hydroxyl groups is 1. The predicted molar refractivity (Wildman–Crippen MR) is 130 cm³/mol. The molecule has 2 heterocycles. The molecule has 2 fully saturated rings. The molecule has 182 valence electrons. The monoisotopic (exact) mass is 487 g/mol. The molecule has 5 rings (SSSR count). The van der Waals surface area contributed by atoms with Crippen LogP contribution < -0.4 is 5.32 Å². The molecule has 0 aromatic heterocycles. The van der Waals surface area contributed by atoms with Crippen molar-refractivity contribution in [3.05, 3.63) is 101 Å². The van der Waals surface area contributed by atoms with E-state index in [9.17, 15) is 23.5 Å². The van der Waals surface area contributed by atoms with Gasteiger partial charge in [-0.2, -0.15) is 0 Å². The zero-order valence-corrected chi connectivity index (χ0v) is 19.2. The molecule has 6 nitrogen and oxygen atoms in total. The number of carbonyl (C=O) groups excluding carboxylic acids is 2. The number of urea groups is 1. The van der Waals surface area contributed by atoms with Crippen LogP contribution in [0.1, 0.15) is 22.6 Å². The first-order valence-corrected chi connectivity index (χ1v) is 11.5. The highest BCUT2D eigenvalue weighted by Gasteiger charge is 2.54. The molecule has 0 bridgehead atoms. The number of rotatable bonds is 3. The van der Waals surface area contributed by atoms with Gasteiger partial charge in [0.1, 0.15) is 18.2 Å². The quantitative estimate of drug-likeness (QED) is 0.555. The second-order valence-corrected chi connectivity index (χ2v) is 8.84. The summed E-state index contributed by atoms with van der Waals surface area (Å²) in [4.78, 5) is 28.7. The first-order valence-electron chi connectivity index (χ1n) is 11.5. The van der Waals surface area contributed by atoms with Crippen LogP contribution in [0.2, 0.25) is 0 Å². The highest BCUT2D eigenvalue weighted by atomic mass is 19.1. The Bertz CT molecular complexity index is 1330. The van der Waals surface area contributed by atoms with Crippen LogP contribution in [0.5, 0.6) is 0 Å². The number of halogens is 2. The van der Waals surface area contributed by atoms with Crippen molar-refractivity contribution in [2.75, 3.05) is 25.0 Å². The number of anilines is 1. The normalized spacial score (nSPS) is 20.6. The fourth-order valence-corrected chi connectivity index (χ4v) is 4.86. The molecule has 0 radical (unpaired) electrons. The molecule has 36 heavy (non-hydrogen) atoms. The average molecular weight is 488 g/mol. The van der Waals surface area contributed by atoms with Crippen LogP contribution in [0.25, 0.3) is 0 Å². The van der Waals surface area contributed by atoms with Crippen molar-refractivity contribution in [1.29, 1.82) is 0 Å². The lowest BCUT2D eigenvalue weighted by Crippen LogP contribution is -2.73. The average Bonchev–Trinajstić information content (AvgIpc) is 2.87. The SMILES string of the molecule is O=C(Nc1ccc(F)cc1)N1CC(=O)N2[C@@H](CO)[C@@H](c3ccc(C#Cc4ccc(F)cc4)cc3)[C@@H]2C1. The highest BCUT2D eigenvalue weighted by molar-refractivity contribution is 5.93. The molecular formula is C28H23F2N3O3. The molecule has 3 atom stereocenters. The summed E-state index contributed by atoms with van der Waals surface area (Å²) in [6.07, 6.45) is 0. The summed E-state index contributed by atoms with van der Waals surface area (Å²) in [7, 11) is 0. The minimum absolute atomic E-state index is 0.0926. The summed E-state index contributed by atoms with van der Waals surface area (Å²) < 4.78 is 26.2. The van der Waals surface area contributed by atoms with Crippen LogP contribution in [0.15, 0.2) is 72.8 Å². The lowest BCUT2D eigenvalue weighted by Gasteiger charge is -2.58. The van der Waals surface area contributed by atoms with Gasteiger partial charge in [-0.05, 0) is 66.2 Å². The number of carbonyl (C=O) groups is 2. The van der Waals surface area contributed by atoms with Gasteiger partial charge in [0.05, 0.1) is 18.7 Å². The van der Waals surface area contributed by atoms with Crippen LogP contribution in [0, 0.1) is 23.5 Å². The van der Waals surface area contributed by atoms with E-state index in [0.29, 0.717) is 17.8 Å². The van der Waals surface area contributed by atoms with E-state index in [2.05, 4.69) is 17.2 Å². The largest absolute Gasteiger partial charge is 0.394 e. The van der Waals surface area contributed by atoms with Gasteiger partial charge in [0, 0.05) is 29.3 Å². The fraction of sp³-hybridized carbons (Fsp3) is 0.214. The Balaban J connectivity index is 1.30. The van der Waals surface area contributed by atoms with Crippen molar-refractivity contribution < 1.29 is 23.5 Å². The summed E-state index contributed by atoms with van der Waals surface area (Å²) in [5.74, 6) is 4.96. The number of benzene rings is 3. The van der Waals surface area contributed by atoms with Gasteiger partial charge in [-0.25, -0.2) is 13.6 Å². The van der Waals surface area contributed by atoms with Crippen LogP contribution in [-0.2, 0) is 4.79 Å². The molecular weight excluding hydrogens is 464 g/mol. The minimum Gasteiger partial charge on any atom is -0.394 e. The van der Waals surface area contributed by atoms with Gasteiger partial charge in [0.15, 0.2) is 0 Å². The third kappa shape index (κ3) is 4.66. The third-order valence-corrected chi connectivity index (χ3v) is 6.63. The molecule has 3 aromatic rings. The van der Waals surface area contributed by atoms with E-state index in [4.69, 9.17) is 0 Å². The molecule has 2 saturated heterocycles. The summed E-state index contributed by atoms with van der Waals surface area (Å²) in [5.41, 5.74) is 2.86. The molecule has 2 aliphatic heterocycles. The Hall–Kier alpha value is -4.22. The second-order valence-electron chi connectivity index (χ2n) is 8.84. The topological polar surface area (TPSA) is 72.9 Å². The van der Waals surface area contributed by atoms with Gasteiger partial charge in [0.25, 0.3) is 0 Å². The van der Waals surface area contributed by atoms with Crippen LogP contribution >= 0.6 is 0 Å². The summed E-state index contributed by atoms with van der Waals surface area (Å²) in [6, 6.07) is 17.9. The highest BCUT2D eigenvalue weighted by Crippen LogP contribution is 2.43. The van der Waals surface area contributed by atoms with Crippen LogP contribution in [-0.4, -0.2) is 58.6 Å². The third-order valence-electron chi connectivity index (χ3n) is 6.63. The number of aliphatic hydroxyl groups excluding tert-OH is 1. The summed E-state index contributed by atoms with van der Waals surface area (Å²) in [5, 5.41) is 12.7. The minimum atomic E-state index is -0.438. The maximum Gasteiger partial charge on any atom is 0.322 e. The maximum absolute atomic E-state index is 13.2. The zero-order valence-electron chi connectivity index (χ0n) is 19.2. The first-order chi connectivity index (χ1) is 17.4. The smallest absolute Gasteiger partial charge is 0.322 e. The van der Waals surface area contributed by atoms with E-state index in [0.717, 1.165) is 11.1 Å². The molecule has 3 aromatic carbocycles. The Morgan fingerprint density at radius 1 is 0.917 bits per heavy atom. The number of nitrogens with zero attached hydrogens (tertiary/aromatic N) is 2. The van der Waals surface area contributed by atoms with Gasteiger partial charge in [-0.3, -0.25) is 4.79 Å². The number of nitrogens with one attached hydrogen (secondary N) is 1. The van der Waals surface area contributed by atoms with E-state index in [1.165, 1.54) is 41.3 Å². The second kappa shape index (κ2) is 9.80. The molecule has 0 aliphatic carbocycles. The molecule has 8 heteroatoms. The molecule has 0 unspecified atom stereocenters. The zero-order chi connectivity index (χ0) is 25.2. The Morgan fingerprint density at radius 2 is 1.47 bits per heavy atom. The standard InChI is InChI=1S/C28H23F2N3O3/c29-21-9-5-19(6-10-21)2-1-18-3-7-20(8-4-18)27-24-15-32(16-26(35)33(24)25(27)17-34)28(36)31-23-13-11-22(30)12-14-23/h3-14,24-25,27,34H,15-17H2,(H,31,36)/t24-,25-,27-/m0/s1. The molecule has 3 amide bonds. The number of amides is 3. The van der Waals surface area contributed by atoms with Gasteiger partial charge in [-0.1, -0.05) is 24.0 Å². The van der Waals surface area contributed by atoms with Gasteiger partial charge in [-0.15, -0.1) is 0 Å². The molecule has 2 N–H and O–H groups in total. The van der Waals surface area contributed by atoms with Crippen molar-refractivity contribution in [2.24, 2.45) is 0 Å². The number of piperazine rings is 1. The van der Waals surface area contributed by atoms with Gasteiger partial charge in [0.2, 0.25) is 5.91 Å². The Labute approximate surface area is 207 Å².